The van der Waals surface area contributed by atoms with E-state index in [-0.39, 0.29) is 40.8 Å². The molecule has 266 valence electrons. The summed E-state index contributed by atoms with van der Waals surface area (Å²) in [6.07, 6.45) is 7.06. The number of hydrogen-bond acceptors (Lipinski definition) is 6. The molecule has 4 aromatic heterocycles. The number of aromatic nitrogens is 5. The van der Waals surface area contributed by atoms with Gasteiger partial charge < -0.3 is 24.0 Å². The molecule has 9 heteroatoms. The summed E-state index contributed by atoms with van der Waals surface area (Å²) in [6.45, 7) is 0. The molecule has 0 fully saturated rings. The first-order chi connectivity index (χ1) is 26.2. The van der Waals surface area contributed by atoms with Crippen molar-refractivity contribution >= 4 is 43.4 Å². The zero-order valence-electron chi connectivity index (χ0n) is 28.6. The van der Waals surface area contributed by atoms with E-state index in [0.717, 1.165) is 65.9 Å². The van der Waals surface area contributed by atoms with E-state index < -0.39 is 0 Å². The van der Waals surface area contributed by atoms with Gasteiger partial charge in [-0.3, -0.25) is 0 Å². The molecule has 0 unspecified atom stereocenters. The number of nitrogens with zero attached hydrogens (tertiary/aromatic N) is 5. The minimum atomic E-state index is 0. The van der Waals surface area contributed by atoms with Crippen LogP contribution >= 0.6 is 0 Å². The van der Waals surface area contributed by atoms with Gasteiger partial charge in [-0.05, 0) is 51.1 Å². The van der Waals surface area contributed by atoms with Crippen LogP contribution in [0.3, 0.4) is 0 Å². The van der Waals surface area contributed by atoms with E-state index in [2.05, 4.69) is 68.5 Å². The maximum Gasteiger partial charge on any atom is 2.00 e. The van der Waals surface area contributed by atoms with Crippen LogP contribution in [0.4, 0.5) is 0 Å². The van der Waals surface area contributed by atoms with E-state index in [0.29, 0.717) is 28.9 Å². The van der Waals surface area contributed by atoms with Crippen LogP contribution in [0.2, 0.25) is 0 Å². The summed E-state index contributed by atoms with van der Waals surface area (Å²) in [5.74, 6) is 2.60. The minimum absolute atomic E-state index is 0. The third-order valence-electron chi connectivity index (χ3n) is 9.12. The quantitative estimate of drug-likeness (QED) is 0.117. The molecule has 0 aliphatic heterocycles. The first-order valence-electron chi connectivity index (χ1n) is 17.0. The fraction of sp³-hybridized carbons (Fsp3) is 0. The van der Waals surface area contributed by atoms with Gasteiger partial charge in [0.05, 0.1) is 0 Å². The molecule has 0 radical (unpaired) electrons. The SMILES string of the molecule is [Pd+2].[Pd+2].[c-]1c(Oc2[c-]c3c(cc2)c2ccc(Oc4[c-]c(-c5nccc6ccccc56)ccc4)[c-]c2n3-c2ncccn2)cccc1-c1nccc2ccccc12. The molecule has 7 nitrogen and oxygen atoms in total. The molecule has 10 aromatic rings. The average molecular weight is 893 g/mol. The summed E-state index contributed by atoms with van der Waals surface area (Å²) in [6, 6.07) is 55.4. The van der Waals surface area contributed by atoms with Crippen molar-refractivity contribution in [2.45, 2.75) is 0 Å². The van der Waals surface area contributed by atoms with Gasteiger partial charge in [-0.1, -0.05) is 71.7 Å². The van der Waals surface area contributed by atoms with Crippen molar-refractivity contribution in [3.63, 3.8) is 0 Å². The molecule has 55 heavy (non-hydrogen) atoms. The molecule has 6 aromatic carbocycles. The fourth-order valence-corrected chi connectivity index (χ4v) is 6.75. The van der Waals surface area contributed by atoms with Gasteiger partial charge in [0.1, 0.15) is 0 Å². The van der Waals surface area contributed by atoms with Gasteiger partial charge in [-0.15, -0.1) is 71.8 Å². The molecule has 0 atom stereocenters. The van der Waals surface area contributed by atoms with Crippen LogP contribution in [0.25, 0.3) is 71.8 Å². The summed E-state index contributed by atoms with van der Waals surface area (Å²) in [5.41, 5.74) is 4.84. The number of fused-ring (bicyclic) bond motifs is 5. The monoisotopic (exact) mass is 891 g/mol. The Morgan fingerprint density at radius 1 is 0.382 bits per heavy atom. The Morgan fingerprint density at radius 2 is 0.855 bits per heavy atom. The zero-order valence-corrected chi connectivity index (χ0v) is 31.7. The first kappa shape index (κ1) is 35.9. The van der Waals surface area contributed by atoms with Crippen LogP contribution in [-0.2, 0) is 40.8 Å². The van der Waals surface area contributed by atoms with Crippen LogP contribution < -0.4 is 9.47 Å². The zero-order chi connectivity index (χ0) is 35.1. The number of ether oxygens (including phenoxy) is 2. The molecule has 0 spiro atoms. The second-order valence-corrected chi connectivity index (χ2v) is 12.4. The Kier molecular flexibility index (Phi) is 10.0. The van der Waals surface area contributed by atoms with Gasteiger partial charge in [-0.2, -0.15) is 22.9 Å². The number of benzene rings is 6. The van der Waals surface area contributed by atoms with Gasteiger partial charge in [0.25, 0.3) is 0 Å². The van der Waals surface area contributed by atoms with Crippen molar-refractivity contribution in [3.05, 3.63) is 176 Å². The smallest absolute Gasteiger partial charge is 0.503 e. The van der Waals surface area contributed by atoms with E-state index in [9.17, 15) is 0 Å². The Bertz CT molecular complexity index is 2800. The van der Waals surface area contributed by atoms with Gasteiger partial charge in [0, 0.05) is 47.8 Å². The summed E-state index contributed by atoms with van der Waals surface area (Å²) in [7, 11) is 0. The van der Waals surface area contributed by atoms with E-state index in [4.69, 9.17) is 9.47 Å². The van der Waals surface area contributed by atoms with Gasteiger partial charge >= 0.3 is 40.8 Å². The minimum Gasteiger partial charge on any atom is -0.503 e. The van der Waals surface area contributed by atoms with Crippen LogP contribution in [0.15, 0.2) is 152 Å². The van der Waals surface area contributed by atoms with E-state index in [1.54, 1.807) is 18.5 Å². The molecular formula is C46H25N5O2Pd2. The number of hydrogen-bond donors (Lipinski definition) is 0. The largest absolute Gasteiger partial charge is 2.00 e. The number of pyridine rings is 2. The maximum atomic E-state index is 6.39. The van der Waals surface area contributed by atoms with Crippen LogP contribution in [0, 0.1) is 24.3 Å². The standard InChI is InChI=1S/C46H25N5O2.2Pd/c1-3-14-38-30(8-1)20-24-47-44(38)32-10-5-12-34(26-32)52-36-16-18-40-41-19-17-37(29-43(41)51(42(40)28-36)46-49-22-7-23-50-46)53-35-13-6-11-33(27-35)45-39-15-4-2-9-31(39)21-25-48-45;;/h1-25H;;/q-4;2*+2. The Labute approximate surface area is 344 Å². The van der Waals surface area contributed by atoms with Crippen molar-refractivity contribution in [3.8, 4) is 51.5 Å². The van der Waals surface area contributed by atoms with E-state index in [1.165, 1.54) is 0 Å². The second kappa shape index (κ2) is 15.4. The molecule has 0 aliphatic carbocycles. The molecule has 4 heterocycles. The summed E-state index contributed by atoms with van der Waals surface area (Å²) in [5, 5.41) is 6.21. The predicted octanol–water partition coefficient (Wildman–Crippen LogP) is 10.8. The van der Waals surface area contributed by atoms with Crippen LogP contribution in [0.1, 0.15) is 0 Å². The van der Waals surface area contributed by atoms with Crippen molar-refractivity contribution < 1.29 is 50.3 Å². The Hall–Kier alpha value is -6.06. The van der Waals surface area contributed by atoms with Gasteiger partial charge in [0.15, 0.2) is 0 Å². The fourth-order valence-electron chi connectivity index (χ4n) is 6.75. The Morgan fingerprint density at radius 3 is 1.36 bits per heavy atom. The van der Waals surface area contributed by atoms with Crippen molar-refractivity contribution in [1.29, 1.82) is 0 Å². The number of rotatable bonds is 7. The Balaban J connectivity index is 0.00000214. The predicted molar refractivity (Wildman–Crippen MR) is 206 cm³/mol. The van der Waals surface area contributed by atoms with Gasteiger partial charge in [0.2, 0.25) is 5.95 Å². The molecule has 0 amide bonds. The van der Waals surface area contributed by atoms with Crippen molar-refractivity contribution in [2.75, 3.05) is 0 Å². The summed E-state index contributed by atoms with van der Waals surface area (Å²) < 4.78 is 14.7. The molecule has 10 rings (SSSR count). The topological polar surface area (TPSA) is 75.0 Å². The third kappa shape index (κ3) is 6.81. The van der Waals surface area contributed by atoms with Crippen LogP contribution in [0.5, 0.6) is 23.0 Å². The molecular weight excluding hydrogens is 867 g/mol. The summed E-state index contributed by atoms with van der Waals surface area (Å²) in [4.78, 5) is 18.5. The maximum absolute atomic E-state index is 6.39. The molecule has 0 saturated carbocycles. The molecule has 0 N–H and O–H groups in total. The molecule has 0 saturated heterocycles. The van der Waals surface area contributed by atoms with E-state index in [1.807, 2.05) is 114 Å². The summed E-state index contributed by atoms with van der Waals surface area (Å²) >= 11 is 0. The van der Waals surface area contributed by atoms with E-state index >= 15 is 0 Å². The van der Waals surface area contributed by atoms with Gasteiger partial charge in [-0.25, -0.2) is 9.97 Å². The first-order valence-corrected chi connectivity index (χ1v) is 17.0. The van der Waals surface area contributed by atoms with Crippen molar-refractivity contribution in [1.82, 2.24) is 24.5 Å². The van der Waals surface area contributed by atoms with Crippen molar-refractivity contribution in [2.24, 2.45) is 0 Å². The average Bonchev–Trinajstić information content (AvgIpc) is 3.53. The third-order valence-corrected chi connectivity index (χ3v) is 9.12. The second-order valence-electron chi connectivity index (χ2n) is 12.4. The van der Waals surface area contributed by atoms with Crippen LogP contribution in [-0.4, -0.2) is 24.5 Å². The normalized spacial score (nSPS) is 11.0. The molecule has 0 aliphatic rings. The molecule has 0 bridgehead atoms.